The third kappa shape index (κ3) is 4.95. The number of carbonyl (C=O) groups is 3. The molecule has 1 atom stereocenters. The van der Waals surface area contributed by atoms with Crippen molar-refractivity contribution >= 4 is 23.4 Å². The molecule has 0 radical (unpaired) electrons. The van der Waals surface area contributed by atoms with Gasteiger partial charge in [-0.25, -0.2) is 0 Å². The Labute approximate surface area is 183 Å². The van der Waals surface area contributed by atoms with Crippen LogP contribution in [0.1, 0.15) is 30.4 Å². The first-order valence-corrected chi connectivity index (χ1v) is 11.0. The number of likely N-dealkylation sites (tertiary alicyclic amines) is 1. The molecule has 2 aromatic rings. The van der Waals surface area contributed by atoms with Crippen LogP contribution < -0.4 is 10.2 Å². The van der Waals surface area contributed by atoms with E-state index in [9.17, 15) is 14.4 Å². The standard InChI is InChI=1S/C25H29N3O3/c1-18-7-9-22(10-8-18)28-17-21(15-23(28)29)25(31)27-13-11-20(12-14-27)24(30)26-16-19-5-3-2-4-6-19/h2-10,20-21H,11-17H2,1H3,(H,26,30)/t21-/m0/s1. The summed E-state index contributed by atoms with van der Waals surface area (Å²) in [6, 6.07) is 17.7. The number of rotatable bonds is 5. The lowest BCUT2D eigenvalue weighted by molar-refractivity contribution is -0.139. The van der Waals surface area contributed by atoms with E-state index >= 15 is 0 Å². The van der Waals surface area contributed by atoms with E-state index in [1.165, 1.54) is 0 Å². The van der Waals surface area contributed by atoms with Crippen molar-refractivity contribution in [3.8, 4) is 0 Å². The maximum Gasteiger partial charge on any atom is 0.228 e. The second-order valence-corrected chi connectivity index (χ2v) is 8.54. The minimum absolute atomic E-state index is 0.00243. The Balaban J connectivity index is 1.27. The zero-order valence-electron chi connectivity index (χ0n) is 17.9. The third-order valence-corrected chi connectivity index (χ3v) is 6.31. The quantitative estimate of drug-likeness (QED) is 0.810. The number of piperidine rings is 1. The van der Waals surface area contributed by atoms with E-state index in [1.54, 1.807) is 4.90 Å². The van der Waals surface area contributed by atoms with Crippen LogP contribution in [0.15, 0.2) is 54.6 Å². The minimum Gasteiger partial charge on any atom is -0.352 e. The average molecular weight is 420 g/mol. The van der Waals surface area contributed by atoms with Crippen LogP contribution in [0.4, 0.5) is 5.69 Å². The Morgan fingerprint density at radius 1 is 0.968 bits per heavy atom. The Morgan fingerprint density at radius 2 is 1.65 bits per heavy atom. The van der Waals surface area contributed by atoms with Gasteiger partial charge in [0, 0.05) is 44.2 Å². The summed E-state index contributed by atoms with van der Waals surface area (Å²) in [5.74, 6) is -0.291. The van der Waals surface area contributed by atoms with E-state index in [-0.39, 0.29) is 36.0 Å². The van der Waals surface area contributed by atoms with Crippen LogP contribution >= 0.6 is 0 Å². The van der Waals surface area contributed by atoms with Gasteiger partial charge in [-0.15, -0.1) is 0 Å². The molecule has 1 N–H and O–H groups in total. The first-order valence-electron chi connectivity index (χ1n) is 11.0. The minimum atomic E-state index is -0.308. The van der Waals surface area contributed by atoms with Crippen molar-refractivity contribution in [2.45, 2.75) is 32.7 Å². The molecule has 0 aromatic heterocycles. The van der Waals surface area contributed by atoms with Crippen LogP contribution in [0.3, 0.4) is 0 Å². The predicted molar refractivity (Wildman–Crippen MR) is 119 cm³/mol. The van der Waals surface area contributed by atoms with Crippen LogP contribution in [0.2, 0.25) is 0 Å². The van der Waals surface area contributed by atoms with E-state index in [1.807, 2.05) is 66.4 Å². The van der Waals surface area contributed by atoms with Crippen LogP contribution in [0.5, 0.6) is 0 Å². The molecule has 6 nitrogen and oxygen atoms in total. The summed E-state index contributed by atoms with van der Waals surface area (Å²) in [6.45, 7) is 4.10. The number of aryl methyl sites for hydroxylation is 1. The number of anilines is 1. The average Bonchev–Trinajstić information content (AvgIpc) is 3.20. The Kier molecular flexibility index (Phi) is 6.35. The second-order valence-electron chi connectivity index (χ2n) is 8.54. The fourth-order valence-electron chi connectivity index (χ4n) is 4.40. The highest BCUT2D eigenvalue weighted by Crippen LogP contribution is 2.28. The molecule has 0 spiro atoms. The molecule has 2 aromatic carbocycles. The van der Waals surface area contributed by atoms with E-state index in [0.717, 1.165) is 16.8 Å². The summed E-state index contributed by atoms with van der Waals surface area (Å²) in [7, 11) is 0. The molecule has 2 aliphatic rings. The lowest BCUT2D eigenvalue weighted by atomic mass is 9.94. The molecule has 31 heavy (non-hydrogen) atoms. The van der Waals surface area contributed by atoms with Crippen molar-refractivity contribution in [1.29, 1.82) is 0 Å². The fraction of sp³-hybridized carbons (Fsp3) is 0.400. The molecule has 0 unspecified atom stereocenters. The summed E-state index contributed by atoms with van der Waals surface area (Å²) in [5.41, 5.74) is 3.06. The van der Waals surface area contributed by atoms with Crippen LogP contribution in [0, 0.1) is 18.8 Å². The largest absolute Gasteiger partial charge is 0.352 e. The van der Waals surface area contributed by atoms with Crippen LogP contribution in [-0.2, 0) is 20.9 Å². The van der Waals surface area contributed by atoms with Crippen molar-refractivity contribution in [2.24, 2.45) is 11.8 Å². The molecular formula is C25H29N3O3. The van der Waals surface area contributed by atoms with Gasteiger partial charge in [0.15, 0.2) is 0 Å². The highest BCUT2D eigenvalue weighted by atomic mass is 16.2. The van der Waals surface area contributed by atoms with Crippen molar-refractivity contribution in [3.05, 3.63) is 65.7 Å². The lowest BCUT2D eigenvalue weighted by Gasteiger charge is -2.33. The molecule has 3 amide bonds. The topological polar surface area (TPSA) is 69.7 Å². The van der Waals surface area contributed by atoms with Gasteiger partial charge in [-0.1, -0.05) is 48.0 Å². The highest BCUT2D eigenvalue weighted by molar-refractivity contribution is 6.00. The summed E-state index contributed by atoms with van der Waals surface area (Å²) in [4.78, 5) is 41.6. The predicted octanol–water partition coefficient (Wildman–Crippen LogP) is 2.90. The normalized spacial score (nSPS) is 19.5. The smallest absolute Gasteiger partial charge is 0.228 e. The lowest BCUT2D eigenvalue weighted by Crippen LogP contribution is -2.45. The van der Waals surface area contributed by atoms with E-state index in [2.05, 4.69) is 5.32 Å². The zero-order chi connectivity index (χ0) is 21.8. The molecule has 6 heteroatoms. The van der Waals surface area contributed by atoms with E-state index < -0.39 is 0 Å². The fourth-order valence-corrected chi connectivity index (χ4v) is 4.40. The van der Waals surface area contributed by atoms with Crippen molar-refractivity contribution in [2.75, 3.05) is 24.5 Å². The molecule has 2 heterocycles. The molecule has 0 aliphatic carbocycles. The first-order chi connectivity index (χ1) is 15.0. The van der Waals surface area contributed by atoms with Gasteiger partial charge < -0.3 is 15.1 Å². The molecule has 0 bridgehead atoms. The van der Waals surface area contributed by atoms with Gasteiger partial charge in [0.1, 0.15) is 0 Å². The monoisotopic (exact) mass is 419 g/mol. The Morgan fingerprint density at radius 3 is 2.32 bits per heavy atom. The molecule has 0 saturated carbocycles. The number of benzene rings is 2. The number of hydrogen-bond acceptors (Lipinski definition) is 3. The second kappa shape index (κ2) is 9.33. The Hall–Kier alpha value is -3.15. The van der Waals surface area contributed by atoms with Crippen LogP contribution in [0.25, 0.3) is 0 Å². The van der Waals surface area contributed by atoms with Gasteiger partial charge in [-0.05, 0) is 37.5 Å². The van der Waals surface area contributed by atoms with Crippen LogP contribution in [-0.4, -0.2) is 42.3 Å². The molecule has 2 saturated heterocycles. The molecule has 162 valence electrons. The van der Waals surface area contributed by atoms with Gasteiger partial charge in [0.25, 0.3) is 0 Å². The van der Waals surface area contributed by atoms with E-state index in [4.69, 9.17) is 0 Å². The highest BCUT2D eigenvalue weighted by Gasteiger charge is 2.38. The first kappa shape index (κ1) is 21.1. The van der Waals surface area contributed by atoms with Gasteiger partial charge in [0.2, 0.25) is 17.7 Å². The Bertz CT molecular complexity index is 934. The SMILES string of the molecule is Cc1ccc(N2C[C@@H](C(=O)N3CCC(C(=O)NCc4ccccc4)CC3)CC2=O)cc1. The molecule has 2 aliphatic heterocycles. The summed E-state index contributed by atoms with van der Waals surface area (Å²) in [5, 5.41) is 3.01. The summed E-state index contributed by atoms with van der Waals surface area (Å²) in [6.07, 6.45) is 1.58. The van der Waals surface area contributed by atoms with E-state index in [0.29, 0.717) is 39.0 Å². The maximum absolute atomic E-state index is 13.0. The van der Waals surface area contributed by atoms with Gasteiger partial charge in [-0.2, -0.15) is 0 Å². The van der Waals surface area contributed by atoms with Gasteiger partial charge in [0.05, 0.1) is 5.92 Å². The number of hydrogen-bond donors (Lipinski definition) is 1. The van der Waals surface area contributed by atoms with Crippen molar-refractivity contribution in [3.63, 3.8) is 0 Å². The summed E-state index contributed by atoms with van der Waals surface area (Å²) >= 11 is 0. The molecule has 4 rings (SSSR count). The zero-order valence-corrected chi connectivity index (χ0v) is 17.9. The number of carbonyl (C=O) groups excluding carboxylic acids is 3. The molecule has 2 fully saturated rings. The van der Waals surface area contributed by atoms with Gasteiger partial charge >= 0.3 is 0 Å². The van der Waals surface area contributed by atoms with Crippen molar-refractivity contribution < 1.29 is 14.4 Å². The maximum atomic E-state index is 13.0. The summed E-state index contributed by atoms with van der Waals surface area (Å²) < 4.78 is 0. The molecular weight excluding hydrogens is 390 g/mol. The number of amides is 3. The van der Waals surface area contributed by atoms with Crippen molar-refractivity contribution in [1.82, 2.24) is 10.2 Å². The number of nitrogens with one attached hydrogen (secondary N) is 1. The van der Waals surface area contributed by atoms with Gasteiger partial charge in [-0.3, -0.25) is 14.4 Å². The number of nitrogens with zero attached hydrogens (tertiary/aromatic N) is 2. The third-order valence-electron chi connectivity index (χ3n) is 6.31.